The van der Waals surface area contributed by atoms with Crippen molar-refractivity contribution in [3.05, 3.63) is 24.3 Å². The maximum Gasteiger partial charge on any atom is 0.186 e. The first-order valence-corrected chi connectivity index (χ1v) is 15.2. The number of hydrogen-bond donors (Lipinski definition) is 6. The molecule has 4 fully saturated rings. The van der Waals surface area contributed by atoms with E-state index in [1.807, 2.05) is 6.08 Å². The first kappa shape index (κ1) is 31.5. The van der Waals surface area contributed by atoms with Crippen LogP contribution in [0, 0.1) is 28.1 Å². The lowest BCUT2D eigenvalue weighted by molar-refractivity contribution is -0.312. The number of hydrogen-bond acceptors (Lipinski definition) is 10. The maximum atomic E-state index is 10.7. The van der Waals surface area contributed by atoms with Crippen LogP contribution in [-0.2, 0) is 18.9 Å². The van der Waals surface area contributed by atoms with Gasteiger partial charge in [-0.3, -0.25) is 0 Å². The second kappa shape index (κ2) is 11.2. The highest BCUT2D eigenvalue weighted by molar-refractivity contribution is 5.29. The summed E-state index contributed by atoms with van der Waals surface area (Å²) in [5, 5.41) is 61.4. The van der Waals surface area contributed by atoms with Gasteiger partial charge in [0.05, 0.1) is 24.9 Å². The second-order valence-corrected chi connectivity index (χ2v) is 14.2. The second-order valence-electron chi connectivity index (χ2n) is 14.2. The first-order valence-electron chi connectivity index (χ1n) is 15.2. The summed E-state index contributed by atoms with van der Waals surface area (Å²) in [6.07, 6.45) is -2.16. The van der Waals surface area contributed by atoms with Gasteiger partial charge < -0.3 is 49.6 Å². The number of ether oxygens (including phenoxy) is 4. The monoisotopic (exact) mass is 582 g/mol. The third-order valence-corrected chi connectivity index (χ3v) is 11.4. The molecule has 234 valence electrons. The zero-order valence-corrected chi connectivity index (χ0v) is 24.9. The summed E-state index contributed by atoms with van der Waals surface area (Å²) in [5.41, 5.74) is 0.545. The lowest BCUT2D eigenvalue weighted by Crippen LogP contribution is -2.60. The number of fused-ring (bicyclic) bond motifs is 3. The summed E-state index contributed by atoms with van der Waals surface area (Å²) in [7, 11) is 0. The first-order chi connectivity index (χ1) is 19.2. The quantitative estimate of drug-likeness (QED) is 0.253. The molecule has 0 unspecified atom stereocenters. The van der Waals surface area contributed by atoms with E-state index in [1.54, 1.807) is 6.92 Å². The summed E-state index contributed by atoms with van der Waals surface area (Å²) in [5.74, 6) is 0.498. The molecule has 2 heterocycles. The van der Waals surface area contributed by atoms with Crippen molar-refractivity contribution in [3.8, 4) is 0 Å². The van der Waals surface area contributed by atoms with Crippen LogP contribution in [-0.4, -0.2) is 105 Å². The SMILES string of the molecule is C=C[C@]1(C)C=C2CC[C@H]3C(C)(C)[C@@H](O[C@@H]4O[C@@H](CO)[C@H](O)[C@H]4O)CC[C@]3(C)[C@@H]2C[C@@H]1O[C@@H]1O[C@H](C)[C@H](O)[C@H](O)[C@H]1O. The van der Waals surface area contributed by atoms with E-state index < -0.39 is 67.3 Å². The van der Waals surface area contributed by atoms with E-state index >= 15 is 0 Å². The van der Waals surface area contributed by atoms with Crippen molar-refractivity contribution < 1.29 is 49.6 Å². The third-order valence-electron chi connectivity index (χ3n) is 11.4. The Labute approximate surface area is 242 Å². The molecule has 0 bridgehead atoms. The van der Waals surface area contributed by atoms with Crippen LogP contribution in [0.3, 0.4) is 0 Å². The van der Waals surface area contributed by atoms with Gasteiger partial charge in [0, 0.05) is 5.41 Å². The molecule has 41 heavy (non-hydrogen) atoms. The summed E-state index contributed by atoms with van der Waals surface area (Å²) >= 11 is 0. The van der Waals surface area contributed by atoms with Gasteiger partial charge in [-0.1, -0.05) is 45.4 Å². The van der Waals surface area contributed by atoms with Crippen LogP contribution in [0.4, 0.5) is 0 Å². The van der Waals surface area contributed by atoms with E-state index in [0.717, 1.165) is 25.7 Å². The summed E-state index contributed by atoms with van der Waals surface area (Å²) in [4.78, 5) is 0. The Hall–Kier alpha value is -0.920. The van der Waals surface area contributed by atoms with Crippen molar-refractivity contribution in [2.24, 2.45) is 28.1 Å². The molecule has 2 aliphatic heterocycles. The molecule has 0 spiro atoms. The van der Waals surface area contributed by atoms with Crippen LogP contribution in [0.5, 0.6) is 0 Å². The van der Waals surface area contributed by atoms with Gasteiger partial charge in [0.2, 0.25) is 0 Å². The van der Waals surface area contributed by atoms with E-state index in [4.69, 9.17) is 18.9 Å². The van der Waals surface area contributed by atoms with Crippen molar-refractivity contribution in [1.29, 1.82) is 0 Å². The van der Waals surface area contributed by atoms with Crippen molar-refractivity contribution in [2.75, 3.05) is 6.61 Å². The van der Waals surface area contributed by atoms with Gasteiger partial charge >= 0.3 is 0 Å². The fraction of sp³-hybridized carbons (Fsp3) is 0.871. The van der Waals surface area contributed by atoms with Crippen LogP contribution < -0.4 is 0 Å². The Morgan fingerprint density at radius 1 is 0.902 bits per heavy atom. The van der Waals surface area contributed by atoms with Crippen molar-refractivity contribution in [3.63, 3.8) is 0 Å². The van der Waals surface area contributed by atoms with E-state index in [0.29, 0.717) is 6.42 Å². The van der Waals surface area contributed by atoms with Crippen molar-refractivity contribution in [1.82, 2.24) is 0 Å². The Bertz CT molecular complexity index is 1000. The zero-order chi connectivity index (χ0) is 30.1. The van der Waals surface area contributed by atoms with Crippen molar-refractivity contribution in [2.45, 2.75) is 134 Å². The molecule has 0 aromatic rings. The average Bonchev–Trinajstić information content (AvgIpc) is 3.20. The molecule has 3 aliphatic carbocycles. The molecular formula is C31H50O10. The molecule has 0 radical (unpaired) electrons. The molecular weight excluding hydrogens is 532 g/mol. The van der Waals surface area contributed by atoms with E-state index in [2.05, 4.69) is 40.3 Å². The molecule has 10 heteroatoms. The standard InChI is InChI=1S/C31H50O10/c1-7-30(5)13-16-8-9-19-29(3,4)20(40-28-25(36)23(34)18(14-32)39-28)10-11-31(19,6)17(16)12-21(30)41-27-26(37)24(35)22(33)15(2)38-27/h7,13,15,17-28,32-37H,1,8-12,14H2,2-6H3/t15-,17-,18+,19+,20+,21+,22+,23+,24+,25-,26-,27+,28+,30-,31-/m1/s1. The highest BCUT2D eigenvalue weighted by Gasteiger charge is 2.60. The van der Waals surface area contributed by atoms with Crippen LogP contribution >= 0.6 is 0 Å². The minimum atomic E-state index is -1.38. The predicted molar refractivity (Wildman–Crippen MR) is 148 cm³/mol. The van der Waals surface area contributed by atoms with Crippen LogP contribution in [0.1, 0.15) is 66.7 Å². The average molecular weight is 583 g/mol. The maximum absolute atomic E-state index is 10.7. The van der Waals surface area contributed by atoms with Crippen molar-refractivity contribution >= 4 is 0 Å². The minimum absolute atomic E-state index is 0.0745. The third kappa shape index (κ3) is 5.16. The lowest BCUT2D eigenvalue weighted by Gasteiger charge is -2.62. The van der Waals surface area contributed by atoms with E-state index in [1.165, 1.54) is 5.57 Å². The Balaban J connectivity index is 1.36. The van der Waals surface area contributed by atoms with Gasteiger partial charge in [-0.25, -0.2) is 0 Å². The molecule has 5 rings (SSSR count). The van der Waals surface area contributed by atoms with Gasteiger partial charge in [0.25, 0.3) is 0 Å². The van der Waals surface area contributed by atoms with Crippen LogP contribution in [0.2, 0.25) is 0 Å². The highest BCUT2D eigenvalue weighted by Crippen LogP contribution is 2.64. The van der Waals surface area contributed by atoms with Gasteiger partial charge in [0.15, 0.2) is 12.6 Å². The fourth-order valence-electron chi connectivity index (χ4n) is 8.71. The summed E-state index contributed by atoms with van der Waals surface area (Å²) in [6.45, 7) is 14.2. The van der Waals surface area contributed by atoms with Gasteiger partial charge in [-0.2, -0.15) is 0 Å². The smallest absolute Gasteiger partial charge is 0.186 e. The summed E-state index contributed by atoms with van der Waals surface area (Å²) < 4.78 is 24.3. The largest absolute Gasteiger partial charge is 0.394 e. The van der Waals surface area contributed by atoms with Crippen LogP contribution in [0.15, 0.2) is 24.3 Å². The van der Waals surface area contributed by atoms with Gasteiger partial charge in [0.1, 0.15) is 36.6 Å². The molecule has 5 aliphatic rings. The Morgan fingerprint density at radius 3 is 2.17 bits per heavy atom. The summed E-state index contributed by atoms with van der Waals surface area (Å²) in [6, 6.07) is 0. The molecule has 10 nitrogen and oxygen atoms in total. The van der Waals surface area contributed by atoms with Gasteiger partial charge in [-0.05, 0) is 61.7 Å². The molecule has 2 saturated carbocycles. The number of aliphatic hydroxyl groups is 6. The Kier molecular flexibility index (Phi) is 8.62. The topological polar surface area (TPSA) is 158 Å². The van der Waals surface area contributed by atoms with E-state index in [-0.39, 0.29) is 34.9 Å². The zero-order valence-electron chi connectivity index (χ0n) is 24.9. The molecule has 15 atom stereocenters. The molecule has 6 N–H and O–H groups in total. The number of rotatable bonds is 6. The minimum Gasteiger partial charge on any atom is -0.394 e. The normalized spacial score (nSPS) is 53.2. The predicted octanol–water partition coefficient (Wildman–Crippen LogP) is 1.40. The lowest BCUT2D eigenvalue weighted by atomic mass is 9.44. The molecule has 0 aromatic heterocycles. The number of allylic oxidation sites excluding steroid dienone is 1. The van der Waals surface area contributed by atoms with Gasteiger partial charge in [-0.15, -0.1) is 6.58 Å². The molecule has 0 aromatic carbocycles. The molecule has 2 saturated heterocycles. The van der Waals surface area contributed by atoms with E-state index in [9.17, 15) is 30.6 Å². The Morgan fingerprint density at radius 2 is 1.54 bits per heavy atom. The van der Waals surface area contributed by atoms with Crippen LogP contribution in [0.25, 0.3) is 0 Å². The highest BCUT2D eigenvalue weighted by atomic mass is 16.7. The fourth-order valence-corrected chi connectivity index (χ4v) is 8.71. The molecule has 0 amide bonds. The number of aliphatic hydroxyl groups excluding tert-OH is 6.